The Kier molecular flexibility index (Phi) is 3.02. The summed E-state index contributed by atoms with van der Waals surface area (Å²) < 4.78 is 1.83. The maximum absolute atomic E-state index is 5.98. The minimum Gasteiger partial charge on any atom is -0.398 e. The molecule has 0 atom stereocenters. The van der Waals surface area contributed by atoms with Crippen LogP contribution in [0.15, 0.2) is 36.8 Å². The SMILES string of the molecule is Cc1nn(C)cc1CNc1ccc(N)c2cnccc12. The smallest absolute Gasteiger partial charge is 0.0643 e. The number of nitrogens with zero attached hydrogens (tertiary/aromatic N) is 3. The fourth-order valence-electron chi connectivity index (χ4n) is 2.38. The Morgan fingerprint density at radius 2 is 2.10 bits per heavy atom. The molecule has 0 fully saturated rings. The number of benzene rings is 1. The van der Waals surface area contributed by atoms with Crippen molar-refractivity contribution in [2.24, 2.45) is 7.05 Å². The molecule has 0 radical (unpaired) electrons. The van der Waals surface area contributed by atoms with Gasteiger partial charge in [0.25, 0.3) is 0 Å². The fourth-order valence-corrected chi connectivity index (χ4v) is 2.38. The zero-order valence-electron chi connectivity index (χ0n) is 11.6. The molecule has 0 aliphatic carbocycles. The fraction of sp³-hybridized carbons (Fsp3) is 0.200. The van der Waals surface area contributed by atoms with Gasteiger partial charge in [0, 0.05) is 59.9 Å². The molecule has 3 N–H and O–H groups in total. The highest BCUT2D eigenvalue weighted by Crippen LogP contribution is 2.27. The highest BCUT2D eigenvalue weighted by atomic mass is 15.2. The standard InChI is InChI=1S/C15H17N5/c1-10-11(9-20(2)19-10)7-18-15-4-3-14(16)13-8-17-6-5-12(13)15/h3-6,8-9,18H,7,16H2,1-2H3. The molecule has 0 saturated carbocycles. The number of aryl methyl sites for hydroxylation is 2. The Balaban J connectivity index is 1.92. The Morgan fingerprint density at radius 1 is 1.25 bits per heavy atom. The van der Waals surface area contributed by atoms with Gasteiger partial charge in [0.2, 0.25) is 0 Å². The molecule has 0 saturated heterocycles. The lowest BCUT2D eigenvalue weighted by Crippen LogP contribution is -2.01. The van der Waals surface area contributed by atoms with Crippen molar-refractivity contribution in [3.63, 3.8) is 0 Å². The van der Waals surface area contributed by atoms with Crippen LogP contribution in [0.4, 0.5) is 11.4 Å². The molecule has 5 heteroatoms. The van der Waals surface area contributed by atoms with Crippen LogP contribution in [0.2, 0.25) is 0 Å². The van der Waals surface area contributed by atoms with Gasteiger partial charge in [-0.05, 0) is 25.1 Å². The number of hydrogen-bond donors (Lipinski definition) is 2. The lowest BCUT2D eigenvalue weighted by molar-refractivity contribution is 0.756. The van der Waals surface area contributed by atoms with Gasteiger partial charge in [0.1, 0.15) is 0 Å². The van der Waals surface area contributed by atoms with Crippen molar-refractivity contribution >= 4 is 22.1 Å². The number of anilines is 2. The number of pyridine rings is 1. The van der Waals surface area contributed by atoms with Crippen LogP contribution in [-0.4, -0.2) is 14.8 Å². The largest absolute Gasteiger partial charge is 0.398 e. The van der Waals surface area contributed by atoms with Gasteiger partial charge in [0.15, 0.2) is 0 Å². The molecular formula is C15H17N5. The second kappa shape index (κ2) is 4.85. The van der Waals surface area contributed by atoms with E-state index in [-0.39, 0.29) is 0 Å². The molecule has 3 aromatic rings. The summed E-state index contributed by atoms with van der Waals surface area (Å²) in [5.41, 5.74) is 10.0. The molecule has 3 rings (SSSR count). The molecule has 2 heterocycles. The zero-order chi connectivity index (χ0) is 14.1. The molecule has 0 aliphatic heterocycles. The molecule has 0 unspecified atom stereocenters. The first-order chi connectivity index (χ1) is 9.65. The zero-order valence-corrected chi connectivity index (χ0v) is 11.6. The summed E-state index contributed by atoms with van der Waals surface area (Å²) in [6.07, 6.45) is 5.61. The van der Waals surface area contributed by atoms with Crippen molar-refractivity contribution < 1.29 is 0 Å². The molecule has 1 aromatic carbocycles. The van der Waals surface area contributed by atoms with Crippen molar-refractivity contribution in [3.05, 3.63) is 48.0 Å². The Labute approximate surface area is 117 Å². The molecule has 0 bridgehead atoms. The van der Waals surface area contributed by atoms with Gasteiger partial charge >= 0.3 is 0 Å². The molecule has 0 aliphatic rings. The lowest BCUT2D eigenvalue weighted by Gasteiger charge is -2.10. The summed E-state index contributed by atoms with van der Waals surface area (Å²) in [6.45, 7) is 2.75. The molecule has 0 amide bonds. The first kappa shape index (κ1) is 12.5. The number of aromatic nitrogens is 3. The van der Waals surface area contributed by atoms with E-state index in [0.29, 0.717) is 0 Å². The van der Waals surface area contributed by atoms with E-state index >= 15 is 0 Å². The molecule has 20 heavy (non-hydrogen) atoms. The topological polar surface area (TPSA) is 68.8 Å². The van der Waals surface area contributed by atoms with E-state index in [1.165, 1.54) is 5.56 Å². The van der Waals surface area contributed by atoms with E-state index in [1.807, 2.05) is 43.0 Å². The third-order valence-corrected chi connectivity index (χ3v) is 3.44. The Hall–Kier alpha value is -2.56. The number of nitrogen functional groups attached to an aromatic ring is 1. The van der Waals surface area contributed by atoms with Crippen LogP contribution in [0.1, 0.15) is 11.3 Å². The van der Waals surface area contributed by atoms with Crippen LogP contribution < -0.4 is 11.1 Å². The molecule has 5 nitrogen and oxygen atoms in total. The van der Waals surface area contributed by atoms with Crippen LogP contribution in [0.25, 0.3) is 10.8 Å². The van der Waals surface area contributed by atoms with Crippen molar-refractivity contribution in [2.45, 2.75) is 13.5 Å². The lowest BCUT2D eigenvalue weighted by atomic mass is 10.1. The van der Waals surface area contributed by atoms with Crippen LogP contribution in [0, 0.1) is 6.92 Å². The van der Waals surface area contributed by atoms with Crippen molar-refractivity contribution in [3.8, 4) is 0 Å². The first-order valence-corrected chi connectivity index (χ1v) is 6.50. The van der Waals surface area contributed by atoms with E-state index in [2.05, 4.69) is 15.4 Å². The second-order valence-electron chi connectivity index (χ2n) is 4.89. The van der Waals surface area contributed by atoms with Gasteiger partial charge in [-0.25, -0.2) is 0 Å². The quantitative estimate of drug-likeness (QED) is 0.715. The van der Waals surface area contributed by atoms with E-state index in [1.54, 1.807) is 12.4 Å². The summed E-state index contributed by atoms with van der Waals surface area (Å²) in [7, 11) is 1.93. The minimum atomic E-state index is 0.737. The third-order valence-electron chi connectivity index (χ3n) is 3.44. The average Bonchev–Trinajstić information content (AvgIpc) is 2.77. The first-order valence-electron chi connectivity index (χ1n) is 6.50. The molecule has 2 aromatic heterocycles. The Morgan fingerprint density at radius 3 is 2.85 bits per heavy atom. The molecule has 102 valence electrons. The minimum absolute atomic E-state index is 0.737. The number of nitrogens with one attached hydrogen (secondary N) is 1. The normalized spacial score (nSPS) is 10.9. The number of rotatable bonds is 3. The van der Waals surface area contributed by atoms with E-state index < -0.39 is 0 Å². The number of fused-ring (bicyclic) bond motifs is 1. The van der Waals surface area contributed by atoms with Gasteiger partial charge in [-0.15, -0.1) is 0 Å². The predicted molar refractivity (Wildman–Crippen MR) is 81.4 cm³/mol. The van der Waals surface area contributed by atoms with Crippen molar-refractivity contribution in [1.29, 1.82) is 0 Å². The number of hydrogen-bond acceptors (Lipinski definition) is 4. The molecule has 0 spiro atoms. The summed E-state index contributed by atoms with van der Waals surface area (Å²) in [5, 5.41) is 9.85. The van der Waals surface area contributed by atoms with Crippen LogP contribution in [-0.2, 0) is 13.6 Å². The highest BCUT2D eigenvalue weighted by Gasteiger charge is 2.06. The predicted octanol–water partition coefficient (Wildman–Crippen LogP) is 2.47. The third kappa shape index (κ3) is 2.18. The highest BCUT2D eigenvalue weighted by molar-refractivity contribution is 6.00. The maximum atomic E-state index is 5.98. The van der Waals surface area contributed by atoms with Crippen molar-refractivity contribution in [2.75, 3.05) is 11.1 Å². The van der Waals surface area contributed by atoms with Crippen LogP contribution in [0.5, 0.6) is 0 Å². The van der Waals surface area contributed by atoms with E-state index in [0.717, 1.165) is 34.4 Å². The van der Waals surface area contributed by atoms with Gasteiger partial charge in [-0.2, -0.15) is 5.10 Å². The molecular weight excluding hydrogens is 250 g/mol. The van der Waals surface area contributed by atoms with Crippen LogP contribution >= 0.6 is 0 Å². The van der Waals surface area contributed by atoms with E-state index in [9.17, 15) is 0 Å². The second-order valence-corrected chi connectivity index (χ2v) is 4.89. The summed E-state index contributed by atoms with van der Waals surface area (Å²) in [6, 6.07) is 5.88. The summed E-state index contributed by atoms with van der Waals surface area (Å²) >= 11 is 0. The maximum Gasteiger partial charge on any atom is 0.0643 e. The van der Waals surface area contributed by atoms with Crippen molar-refractivity contribution in [1.82, 2.24) is 14.8 Å². The van der Waals surface area contributed by atoms with Gasteiger partial charge in [-0.3, -0.25) is 9.67 Å². The van der Waals surface area contributed by atoms with Crippen LogP contribution in [0.3, 0.4) is 0 Å². The summed E-state index contributed by atoms with van der Waals surface area (Å²) in [4.78, 5) is 4.13. The number of nitrogens with two attached hydrogens (primary N) is 1. The van der Waals surface area contributed by atoms with Gasteiger partial charge < -0.3 is 11.1 Å². The van der Waals surface area contributed by atoms with Gasteiger partial charge in [-0.1, -0.05) is 0 Å². The Bertz CT molecular complexity index is 760. The van der Waals surface area contributed by atoms with E-state index in [4.69, 9.17) is 5.73 Å². The average molecular weight is 267 g/mol. The monoisotopic (exact) mass is 267 g/mol. The summed E-state index contributed by atoms with van der Waals surface area (Å²) in [5.74, 6) is 0. The van der Waals surface area contributed by atoms with Gasteiger partial charge in [0.05, 0.1) is 5.69 Å².